The van der Waals surface area contributed by atoms with Crippen LogP contribution in [0.1, 0.15) is 5.56 Å². The molecule has 0 saturated carbocycles. The Morgan fingerprint density at radius 2 is 2.00 bits per heavy atom. The summed E-state index contributed by atoms with van der Waals surface area (Å²) >= 11 is 0. The molecule has 0 spiro atoms. The number of rotatable bonds is 4. The van der Waals surface area contributed by atoms with Gasteiger partial charge in [0.05, 0.1) is 6.61 Å². The van der Waals surface area contributed by atoms with Gasteiger partial charge in [0, 0.05) is 5.56 Å². The molecule has 1 atom stereocenters. The normalized spacial score (nSPS) is 21.2. The molecule has 2 rings (SSSR count). The molecule has 1 unspecified atom stereocenters. The molecule has 8 heteroatoms. The van der Waals surface area contributed by atoms with Crippen LogP contribution < -0.4 is 4.74 Å². The molecule has 0 amide bonds. The summed E-state index contributed by atoms with van der Waals surface area (Å²) in [6.07, 6.45) is -4.38. The lowest BCUT2D eigenvalue weighted by Crippen LogP contribution is -2.57. The van der Waals surface area contributed by atoms with Crippen LogP contribution in [0.3, 0.4) is 0 Å². The highest BCUT2D eigenvalue weighted by molar-refractivity contribution is 5.95. The number of carbonyl (C=O) groups is 1. The van der Waals surface area contributed by atoms with Crippen molar-refractivity contribution in [2.24, 2.45) is 0 Å². The first-order chi connectivity index (χ1) is 9.82. The number of halogens is 4. The summed E-state index contributed by atoms with van der Waals surface area (Å²) < 4.78 is 61.5. The van der Waals surface area contributed by atoms with Crippen LogP contribution in [0.15, 0.2) is 29.8 Å². The van der Waals surface area contributed by atoms with E-state index in [1.165, 1.54) is 24.3 Å². The summed E-state index contributed by atoms with van der Waals surface area (Å²) in [7, 11) is 0. The van der Waals surface area contributed by atoms with Crippen molar-refractivity contribution in [3.63, 3.8) is 0 Å². The predicted molar refractivity (Wildman–Crippen MR) is 63.4 cm³/mol. The lowest BCUT2D eigenvalue weighted by atomic mass is 9.98. The summed E-state index contributed by atoms with van der Waals surface area (Å²) in [5.74, 6) is -5.58. The number of fused-ring (bicyclic) bond motifs is 1. The van der Waals surface area contributed by atoms with Crippen LogP contribution in [0.4, 0.5) is 17.6 Å². The molecule has 0 aliphatic carbocycles. The summed E-state index contributed by atoms with van der Waals surface area (Å²) in [6, 6.07) is 5.58. The highest BCUT2D eigenvalue weighted by atomic mass is 19.4. The zero-order valence-corrected chi connectivity index (χ0v) is 10.5. The van der Waals surface area contributed by atoms with E-state index in [1.807, 2.05) is 0 Å². The number of hydrogen-bond acceptors (Lipinski definition) is 3. The van der Waals surface area contributed by atoms with Crippen molar-refractivity contribution in [2.75, 3.05) is 13.3 Å². The van der Waals surface area contributed by atoms with Gasteiger partial charge < -0.3 is 14.6 Å². The van der Waals surface area contributed by atoms with Gasteiger partial charge in [0.15, 0.2) is 0 Å². The number of ether oxygens (including phenoxy) is 2. The van der Waals surface area contributed by atoms with E-state index >= 15 is 0 Å². The summed E-state index contributed by atoms with van der Waals surface area (Å²) in [4.78, 5) is 11.2. The van der Waals surface area contributed by atoms with Gasteiger partial charge in [-0.3, -0.25) is 0 Å². The number of carboxylic acid groups (broad SMARTS) is 1. The molecule has 1 aromatic carbocycles. The highest BCUT2D eigenvalue weighted by Gasteiger charge is 2.65. The van der Waals surface area contributed by atoms with Crippen LogP contribution in [0, 0.1) is 0 Å². The van der Waals surface area contributed by atoms with Crippen molar-refractivity contribution in [1.82, 2.24) is 0 Å². The second-order valence-corrected chi connectivity index (χ2v) is 4.15. The third-order valence-electron chi connectivity index (χ3n) is 2.81. The average molecular weight is 306 g/mol. The minimum Gasteiger partial charge on any atom is -0.478 e. The van der Waals surface area contributed by atoms with Crippen LogP contribution in [0.2, 0.25) is 0 Å². The first-order valence-electron chi connectivity index (χ1n) is 5.82. The molecule has 1 aromatic rings. The van der Waals surface area contributed by atoms with Crippen LogP contribution >= 0.6 is 0 Å². The monoisotopic (exact) mass is 306 g/mol. The average Bonchev–Trinajstić information content (AvgIpc) is 2.42. The number of carboxylic acids is 1. The fourth-order valence-electron chi connectivity index (χ4n) is 1.94. The molecule has 21 heavy (non-hydrogen) atoms. The molecule has 0 fully saturated rings. The van der Waals surface area contributed by atoms with Crippen molar-refractivity contribution in [3.8, 4) is 5.75 Å². The molecule has 1 heterocycles. The highest BCUT2D eigenvalue weighted by Crippen LogP contribution is 2.46. The second-order valence-electron chi connectivity index (χ2n) is 4.15. The van der Waals surface area contributed by atoms with Gasteiger partial charge in [0.2, 0.25) is 0 Å². The largest absolute Gasteiger partial charge is 0.478 e. The molecule has 0 bridgehead atoms. The van der Waals surface area contributed by atoms with E-state index in [1.54, 1.807) is 0 Å². The molecule has 0 radical (unpaired) electrons. The Hall–Kier alpha value is -2.09. The van der Waals surface area contributed by atoms with E-state index in [0.717, 1.165) is 6.08 Å². The zero-order chi connectivity index (χ0) is 15.7. The Kier molecular flexibility index (Phi) is 3.91. The van der Waals surface area contributed by atoms with Gasteiger partial charge >= 0.3 is 17.9 Å². The molecule has 1 aliphatic rings. The maximum absolute atomic E-state index is 13.3. The predicted octanol–water partition coefficient (Wildman–Crippen LogP) is 2.79. The molecule has 4 nitrogen and oxygen atoms in total. The van der Waals surface area contributed by atoms with Gasteiger partial charge in [-0.05, 0) is 12.1 Å². The Balaban J connectivity index is 2.61. The maximum atomic E-state index is 13.3. The minimum atomic E-state index is -5.19. The quantitative estimate of drug-likeness (QED) is 0.869. The van der Waals surface area contributed by atoms with Gasteiger partial charge in [-0.15, -0.1) is 0 Å². The Morgan fingerprint density at radius 1 is 1.33 bits per heavy atom. The molecular weight excluding hydrogens is 296 g/mol. The van der Waals surface area contributed by atoms with Crippen molar-refractivity contribution in [1.29, 1.82) is 0 Å². The Bertz CT molecular complexity index is 582. The van der Waals surface area contributed by atoms with Gasteiger partial charge in [-0.1, -0.05) is 18.2 Å². The Morgan fingerprint density at radius 3 is 2.57 bits per heavy atom. The van der Waals surface area contributed by atoms with Crippen LogP contribution in [-0.4, -0.2) is 36.3 Å². The standard InChI is InChI=1S/C13H10F4O4/c14-5-6-20-12(13(15,16)17)9(11(18)19)7-8-3-1-2-4-10(8)21-12/h1-4,7H,5-6H2,(H,18,19). The fourth-order valence-corrected chi connectivity index (χ4v) is 1.94. The van der Waals surface area contributed by atoms with E-state index < -0.39 is 36.8 Å². The maximum Gasteiger partial charge on any atom is 0.460 e. The third kappa shape index (κ3) is 2.58. The van der Waals surface area contributed by atoms with E-state index in [2.05, 4.69) is 4.74 Å². The third-order valence-corrected chi connectivity index (χ3v) is 2.81. The van der Waals surface area contributed by atoms with Gasteiger partial charge in [-0.2, -0.15) is 13.2 Å². The molecule has 1 N–H and O–H groups in total. The van der Waals surface area contributed by atoms with E-state index in [0.29, 0.717) is 0 Å². The summed E-state index contributed by atoms with van der Waals surface area (Å²) in [6.45, 7) is -2.16. The fraction of sp³-hybridized carbons (Fsp3) is 0.308. The molecule has 1 aliphatic heterocycles. The van der Waals surface area contributed by atoms with Gasteiger partial charge in [0.25, 0.3) is 0 Å². The van der Waals surface area contributed by atoms with E-state index in [-0.39, 0.29) is 11.3 Å². The number of benzene rings is 1. The van der Waals surface area contributed by atoms with Crippen molar-refractivity contribution in [3.05, 3.63) is 35.4 Å². The van der Waals surface area contributed by atoms with Gasteiger partial charge in [0.1, 0.15) is 18.0 Å². The smallest absolute Gasteiger partial charge is 0.460 e. The zero-order valence-electron chi connectivity index (χ0n) is 10.5. The number of alkyl halides is 4. The minimum absolute atomic E-state index is 0.165. The lowest BCUT2D eigenvalue weighted by Gasteiger charge is -2.38. The lowest BCUT2D eigenvalue weighted by molar-refractivity contribution is -0.334. The Labute approximate surface area is 116 Å². The number of aliphatic carboxylic acids is 1. The second kappa shape index (κ2) is 5.36. The SMILES string of the molecule is O=C(O)C1=Cc2ccccc2OC1(OCCF)C(F)(F)F. The molecule has 0 aromatic heterocycles. The number of para-hydroxylation sites is 1. The van der Waals surface area contributed by atoms with Gasteiger partial charge in [-0.25, -0.2) is 9.18 Å². The first-order valence-corrected chi connectivity index (χ1v) is 5.82. The van der Waals surface area contributed by atoms with Crippen molar-refractivity contribution in [2.45, 2.75) is 12.0 Å². The van der Waals surface area contributed by atoms with Crippen LogP contribution in [0.25, 0.3) is 6.08 Å². The molecule has 114 valence electrons. The molecular formula is C13H10F4O4. The summed E-state index contributed by atoms with van der Waals surface area (Å²) in [5, 5.41) is 9.04. The van der Waals surface area contributed by atoms with E-state index in [9.17, 15) is 22.4 Å². The van der Waals surface area contributed by atoms with Crippen LogP contribution in [0.5, 0.6) is 5.75 Å². The molecule has 0 saturated heterocycles. The van der Waals surface area contributed by atoms with Crippen molar-refractivity contribution < 1.29 is 36.9 Å². The first kappa shape index (κ1) is 15.3. The topological polar surface area (TPSA) is 55.8 Å². The number of hydrogen-bond donors (Lipinski definition) is 1. The summed E-state index contributed by atoms with van der Waals surface area (Å²) in [5.41, 5.74) is -0.985. The van der Waals surface area contributed by atoms with Crippen LogP contribution in [-0.2, 0) is 9.53 Å². The van der Waals surface area contributed by atoms with E-state index in [4.69, 9.17) is 9.84 Å². The van der Waals surface area contributed by atoms with Crippen molar-refractivity contribution >= 4 is 12.0 Å².